The Labute approximate surface area is 120 Å². The number of fused-ring (bicyclic) bond motifs is 1. The van der Waals surface area contributed by atoms with Gasteiger partial charge in [0.25, 0.3) is 0 Å². The minimum atomic E-state index is -3.48. The zero-order valence-electron chi connectivity index (χ0n) is 12.0. The molecule has 0 aliphatic carbocycles. The van der Waals surface area contributed by atoms with Crippen molar-refractivity contribution in [3.63, 3.8) is 0 Å². The van der Waals surface area contributed by atoms with Crippen LogP contribution >= 0.6 is 0 Å². The maximum absolute atomic E-state index is 12.2. The van der Waals surface area contributed by atoms with Gasteiger partial charge in [-0.2, -0.15) is 0 Å². The molecule has 0 saturated heterocycles. The SMILES string of the molecule is CC[C@H](C)NS(=O)(=O)c1ccc2c(c1)CCN2C(C)=O. The number of nitrogens with zero attached hydrogens (tertiary/aromatic N) is 1. The number of anilines is 1. The lowest BCUT2D eigenvalue weighted by Crippen LogP contribution is -2.32. The highest BCUT2D eigenvalue weighted by atomic mass is 32.2. The number of benzene rings is 1. The van der Waals surface area contributed by atoms with Crippen LogP contribution in [0.1, 0.15) is 32.8 Å². The largest absolute Gasteiger partial charge is 0.312 e. The summed E-state index contributed by atoms with van der Waals surface area (Å²) in [7, 11) is -3.48. The fraction of sp³-hybridized carbons (Fsp3) is 0.500. The summed E-state index contributed by atoms with van der Waals surface area (Å²) in [5.74, 6) is -0.0166. The molecule has 1 aliphatic rings. The van der Waals surface area contributed by atoms with Gasteiger partial charge in [0.2, 0.25) is 15.9 Å². The van der Waals surface area contributed by atoms with E-state index >= 15 is 0 Å². The van der Waals surface area contributed by atoms with E-state index in [4.69, 9.17) is 0 Å². The number of sulfonamides is 1. The van der Waals surface area contributed by atoms with Gasteiger partial charge in [-0.05, 0) is 43.5 Å². The Bertz CT molecular complexity index is 625. The predicted molar refractivity (Wildman–Crippen MR) is 78.2 cm³/mol. The van der Waals surface area contributed by atoms with Crippen LogP contribution in [-0.4, -0.2) is 26.9 Å². The van der Waals surface area contributed by atoms with Crippen LogP contribution in [-0.2, 0) is 21.2 Å². The van der Waals surface area contributed by atoms with Crippen LogP contribution in [0.15, 0.2) is 23.1 Å². The van der Waals surface area contributed by atoms with Crippen LogP contribution in [0.2, 0.25) is 0 Å². The quantitative estimate of drug-likeness (QED) is 0.919. The van der Waals surface area contributed by atoms with E-state index in [9.17, 15) is 13.2 Å². The second kappa shape index (κ2) is 5.54. The highest BCUT2D eigenvalue weighted by Crippen LogP contribution is 2.30. The molecule has 5 nitrogen and oxygen atoms in total. The van der Waals surface area contributed by atoms with E-state index in [2.05, 4.69) is 4.72 Å². The number of carbonyl (C=O) groups excluding carboxylic acids is 1. The van der Waals surface area contributed by atoms with Crippen LogP contribution < -0.4 is 9.62 Å². The number of hydrogen-bond donors (Lipinski definition) is 1. The Kier molecular flexibility index (Phi) is 4.15. The first-order chi connectivity index (χ1) is 9.35. The Morgan fingerprint density at radius 1 is 1.45 bits per heavy atom. The van der Waals surface area contributed by atoms with Crippen molar-refractivity contribution in [1.29, 1.82) is 0 Å². The Hall–Kier alpha value is -1.40. The monoisotopic (exact) mass is 296 g/mol. The van der Waals surface area contributed by atoms with E-state index < -0.39 is 10.0 Å². The van der Waals surface area contributed by atoms with E-state index in [1.807, 2.05) is 13.8 Å². The lowest BCUT2D eigenvalue weighted by molar-refractivity contribution is -0.116. The summed E-state index contributed by atoms with van der Waals surface area (Å²) in [5.41, 5.74) is 1.73. The summed E-state index contributed by atoms with van der Waals surface area (Å²) < 4.78 is 27.1. The third-order valence-corrected chi connectivity index (χ3v) is 5.19. The molecule has 1 N–H and O–H groups in total. The van der Waals surface area contributed by atoms with Crippen molar-refractivity contribution in [3.05, 3.63) is 23.8 Å². The van der Waals surface area contributed by atoms with Crippen LogP contribution in [0.4, 0.5) is 5.69 Å². The van der Waals surface area contributed by atoms with Crippen molar-refractivity contribution in [2.45, 2.75) is 44.6 Å². The lowest BCUT2D eigenvalue weighted by Gasteiger charge is -2.16. The van der Waals surface area contributed by atoms with Gasteiger partial charge in [0.05, 0.1) is 4.90 Å². The van der Waals surface area contributed by atoms with Crippen molar-refractivity contribution in [1.82, 2.24) is 4.72 Å². The molecule has 0 aromatic heterocycles. The fourth-order valence-corrected chi connectivity index (χ4v) is 3.67. The third-order valence-electron chi connectivity index (χ3n) is 3.61. The zero-order chi connectivity index (χ0) is 14.9. The molecule has 0 saturated carbocycles. The zero-order valence-corrected chi connectivity index (χ0v) is 12.8. The standard InChI is InChI=1S/C14H20N2O3S/c1-4-10(2)15-20(18,19)13-5-6-14-12(9-13)7-8-16(14)11(3)17/h5-6,9-10,15H,4,7-8H2,1-3H3/t10-/m0/s1. The number of nitrogens with one attached hydrogen (secondary N) is 1. The summed E-state index contributed by atoms with van der Waals surface area (Å²) in [5, 5.41) is 0. The molecule has 2 rings (SSSR count). The van der Waals surface area contributed by atoms with Crippen LogP contribution in [0.25, 0.3) is 0 Å². The van der Waals surface area contributed by atoms with Crippen molar-refractivity contribution in [3.8, 4) is 0 Å². The molecule has 1 aliphatic heterocycles. The molecule has 6 heteroatoms. The minimum Gasteiger partial charge on any atom is -0.312 e. The van der Waals surface area contributed by atoms with Crippen molar-refractivity contribution in [2.24, 2.45) is 0 Å². The minimum absolute atomic E-state index is 0.0166. The average molecular weight is 296 g/mol. The maximum Gasteiger partial charge on any atom is 0.240 e. The van der Waals surface area contributed by atoms with Crippen LogP contribution in [0.5, 0.6) is 0 Å². The third kappa shape index (κ3) is 2.86. The molecule has 20 heavy (non-hydrogen) atoms. The summed E-state index contributed by atoms with van der Waals surface area (Å²) >= 11 is 0. The van der Waals surface area contributed by atoms with Gasteiger partial charge in [-0.15, -0.1) is 0 Å². The van der Waals surface area contributed by atoms with Gasteiger partial charge < -0.3 is 4.90 Å². The van der Waals surface area contributed by atoms with Gasteiger partial charge in [-0.1, -0.05) is 6.92 Å². The fourth-order valence-electron chi connectivity index (χ4n) is 2.29. The molecule has 0 unspecified atom stereocenters. The topological polar surface area (TPSA) is 66.5 Å². The second-order valence-electron chi connectivity index (χ2n) is 5.14. The van der Waals surface area contributed by atoms with Gasteiger partial charge in [0, 0.05) is 25.2 Å². The van der Waals surface area contributed by atoms with Crippen LogP contribution in [0, 0.1) is 0 Å². The van der Waals surface area contributed by atoms with Gasteiger partial charge in [-0.25, -0.2) is 13.1 Å². The molecule has 0 fully saturated rings. The van der Waals surface area contributed by atoms with E-state index in [0.29, 0.717) is 13.0 Å². The molecule has 0 radical (unpaired) electrons. The Balaban J connectivity index is 2.31. The van der Waals surface area contributed by atoms with E-state index in [1.165, 1.54) is 6.92 Å². The molecule has 1 atom stereocenters. The first-order valence-corrected chi connectivity index (χ1v) is 8.27. The number of amides is 1. The van der Waals surface area contributed by atoms with Gasteiger partial charge in [0.15, 0.2) is 0 Å². The normalized spacial score (nSPS) is 16.1. The molecule has 1 aromatic carbocycles. The van der Waals surface area contributed by atoms with E-state index in [1.54, 1.807) is 23.1 Å². The smallest absolute Gasteiger partial charge is 0.240 e. The molecule has 1 aromatic rings. The van der Waals surface area contributed by atoms with Crippen LogP contribution in [0.3, 0.4) is 0 Å². The van der Waals surface area contributed by atoms with Gasteiger partial charge in [-0.3, -0.25) is 4.79 Å². The molecular weight excluding hydrogens is 276 g/mol. The van der Waals surface area contributed by atoms with Gasteiger partial charge >= 0.3 is 0 Å². The van der Waals surface area contributed by atoms with Gasteiger partial charge in [0.1, 0.15) is 0 Å². The van der Waals surface area contributed by atoms with E-state index in [-0.39, 0.29) is 16.8 Å². The first kappa shape index (κ1) is 15.0. The second-order valence-corrected chi connectivity index (χ2v) is 6.86. The average Bonchev–Trinajstić information content (AvgIpc) is 2.80. The first-order valence-electron chi connectivity index (χ1n) is 6.78. The van der Waals surface area contributed by atoms with Crippen molar-refractivity contribution < 1.29 is 13.2 Å². The molecule has 0 spiro atoms. The molecule has 110 valence electrons. The number of hydrogen-bond acceptors (Lipinski definition) is 3. The molecule has 1 amide bonds. The van der Waals surface area contributed by atoms with Crippen molar-refractivity contribution in [2.75, 3.05) is 11.4 Å². The maximum atomic E-state index is 12.2. The van der Waals surface area contributed by atoms with Crippen molar-refractivity contribution >= 4 is 21.6 Å². The summed E-state index contributed by atoms with van der Waals surface area (Å²) in [6, 6.07) is 4.85. The predicted octanol–water partition coefficient (Wildman–Crippen LogP) is 1.67. The Morgan fingerprint density at radius 2 is 2.15 bits per heavy atom. The summed E-state index contributed by atoms with van der Waals surface area (Å²) in [4.78, 5) is 13.4. The summed E-state index contributed by atoms with van der Waals surface area (Å²) in [6.07, 6.45) is 1.43. The number of carbonyl (C=O) groups is 1. The van der Waals surface area contributed by atoms with E-state index in [0.717, 1.165) is 17.7 Å². The summed E-state index contributed by atoms with van der Waals surface area (Å²) in [6.45, 7) is 5.90. The highest BCUT2D eigenvalue weighted by Gasteiger charge is 2.25. The number of rotatable bonds is 4. The Morgan fingerprint density at radius 3 is 2.75 bits per heavy atom. The molecular formula is C14H20N2O3S. The molecule has 1 heterocycles. The molecule has 0 bridgehead atoms. The lowest BCUT2D eigenvalue weighted by atomic mass is 10.2. The highest BCUT2D eigenvalue weighted by molar-refractivity contribution is 7.89.